The fourth-order valence-electron chi connectivity index (χ4n) is 3.91. The molecule has 0 fully saturated rings. The van der Waals surface area contributed by atoms with Crippen LogP contribution in [0.2, 0.25) is 5.02 Å². The van der Waals surface area contributed by atoms with Gasteiger partial charge < -0.3 is 20.1 Å². The molecule has 8 nitrogen and oxygen atoms in total. The third-order valence-electron chi connectivity index (χ3n) is 5.56. The Morgan fingerprint density at radius 2 is 2.21 bits per heavy atom. The minimum absolute atomic E-state index is 0.297. The number of hydrogen-bond acceptors (Lipinski definition) is 7. The van der Waals surface area contributed by atoms with Gasteiger partial charge in [-0.2, -0.15) is 5.26 Å². The smallest absolute Gasteiger partial charge is 0.407 e. The summed E-state index contributed by atoms with van der Waals surface area (Å²) in [5.41, 5.74) is 3.57. The first-order valence-corrected chi connectivity index (χ1v) is 11.6. The number of nitriles is 1. The van der Waals surface area contributed by atoms with E-state index in [1.807, 2.05) is 24.3 Å². The van der Waals surface area contributed by atoms with Gasteiger partial charge in [-0.3, -0.25) is 4.98 Å². The highest BCUT2D eigenvalue weighted by Gasteiger charge is 2.26. The van der Waals surface area contributed by atoms with Crippen molar-refractivity contribution in [1.29, 1.82) is 5.26 Å². The first kappa shape index (κ1) is 21.9. The third-order valence-corrected chi connectivity index (χ3v) is 6.98. The molecule has 1 aliphatic rings. The van der Waals surface area contributed by atoms with Crippen LogP contribution in [-0.2, 0) is 19.6 Å². The van der Waals surface area contributed by atoms with Crippen molar-refractivity contribution < 1.29 is 14.6 Å². The molecule has 0 spiro atoms. The molecule has 34 heavy (non-hydrogen) atoms. The number of ether oxygens (including phenoxy) is 1. The number of anilines is 2. The Morgan fingerprint density at radius 1 is 1.32 bits per heavy atom. The molecule has 1 aromatic carbocycles. The topological polar surface area (TPSA) is 111 Å². The maximum atomic E-state index is 11.4. The van der Waals surface area contributed by atoms with E-state index < -0.39 is 6.09 Å². The molecular formula is C24H18ClN5O3S. The molecule has 1 aliphatic heterocycles. The third kappa shape index (κ3) is 4.21. The molecule has 1 amide bonds. The van der Waals surface area contributed by atoms with E-state index in [2.05, 4.69) is 21.4 Å². The van der Waals surface area contributed by atoms with Gasteiger partial charge in [0.05, 0.1) is 28.5 Å². The highest BCUT2D eigenvalue weighted by Crippen LogP contribution is 2.41. The van der Waals surface area contributed by atoms with Crippen molar-refractivity contribution in [2.45, 2.75) is 19.6 Å². The number of halogens is 1. The number of benzene rings is 1. The van der Waals surface area contributed by atoms with Gasteiger partial charge in [0.15, 0.2) is 0 Å². The first-order chi connectivity index (χ1) is 16.5. The number of nitrogens with one attached hydrogen (secondary N) is 1. The van der Waals surface area contributed by atoms with Crippen LogP contribution in [0.1, 0.15) is 21.7 Å². The molecule has 0 radical (unpaired) electrons. The SMILES string of the molecule is N#Cc1cnc2sc3c(c2c1Nc1ccc(OCc2ccccn2)c(Cl)c1)CCN(C(=O)O)C3. The summed E-state index contributed by atoms with van der Waals surface area (Å²) in [5, 5.41) is 23.7. The predicted molar refractivity (Wildman–Crippen MR) is 130 cm³/mol. The second kappa shape index (κ2) is 9.17. The largest absolute Gasteiger partial charge is 0.486 e. The maximum Gasteiger partial charge on any atom is 0.407 e. The zero-order chi connectivity index (χ0) is 23.7. The van der Waals surface area contributed by atoms with Crippen LogP contribution in [0.4, 0.5) is 16.2 Å². The van der Waals surface area contributed by atoms with Crippen molar-refractivity contribution in [3.63, 3.8) is 0 Å². The van der Waals surface area contributed by atoms with Crippen molar-refractivity contribution in [2.75, 3.05) is 11.9 Å². The molecule has 0 unspecified atom stereocenters. The fraction of sp³-hybridized carbons (Fsp3) is 0.167. The van der Waals surface area contributed by atoms with E-state index in [9.17, 15) is 15.2 Å². The summed E-state index contributed by atoms with van der Waals surface area (Å²) in [7, 11) is 0. The summed E-state index contributed by atoms with van der Waals surface area (Å²) >= 11 is 7.93. The van der Waals surface area contributed by atoms with Gasteiger partial charge in [-0.25, -0.2) is 9.78 Å². The van der Waals surface area contributed by atoms with Crippen LogP contribution in [0.25, 0.3) is 10.2 Å². The molecule has 5 rings (SSSR count). The van der Waals surface area contributed by atoms with E-state index in [4.69, 9.17) is 16.3 Å². The number of nitrogens with zero attached hydrogens (tertiary/aromatic N) is 4. The number of rotatable bonds is 5. The Balaban J connectivity index is 1.45. The zero-order valence-electron chi connectivity index (χ0n) is 17.8. The van der Waals surface area contributed by atoms with E-state index in [1.54, 1.807) is 18.3 Å². The van der Waals surface area contributed by atoms with Gasteiger partial charge >= 0.3 is 6.09 Å². The molecule has 2 N–H and O–H groups in total. The van der Waals surface area contributed by atoms with Crippen molar-refractivity contribution in [3.8, 4) is 11.8 Å². The first-order valence-electron chi connectivity index (χ1n) is 10.4. The van der Waals surface area contributed by atoms with Crippen molar-refractivity contribution in [1.82, 2.24) is 14.9 Å². The number of amides is 1. The number of aromatic nitrogens is 2. The summed E-state index contributed by atoms with van der Waals surface area (Å²) < 4.78 is 5.80. The van der Waals surface area contributed by atoms with Crippen LogP contribution in [0.3, 0.4) is 0 Å². The Bertz CT molecular complexity index is 1430. The lowest BCUT2D eigenvalue weighted by molar-refractivity contribution is 0.140. The van der Waals surface area contributed by atoms with Crippen LogP contribution < -0.4 is 10.1 Å². The molecular weight excluding hydrogens is 474 g/mol. The number of hydrogen-bond donors (Lipinski definition) is 2. The van der Waals surface area contributed by atoms with Crippen LogP contribution in [-0.4, -0.2) is 32.6 Å². The minimum Gasteiger partial charge on any atom is -0.486 e. The lowest BCUT2D eigenvalue weighted by atomic mass is 10.0. The monoisotopic (exact) mass is 491 g/mol. The highest BCUT2D eigenvalue weighted by atomic mass is 35.5. The van der Waals surface area contributed by atoms with E-state index in [1.165, 1.54) is 22.4 Å². The molecule has 4 aromatic rings. The molecule has 4 heterocycles. The van der Waals surface area contributed by atoms with E-state index in [-0.39, 0.29) is 0 Å². The van der Waals surface area contributed by atoms with Gasteiger partial charge in [0.1, 0.15) is 23.3 Å². The summed E-state index contributed by atoms with van der Waals surface area (Å²) in [5.74, 6) is 0.528. The summed E-state index contributed by atoms with van der Waals surface area (Å²) in [6, 6.07) is 13.2. The second-order valence-electron chi connectivity index (χ2n) is 7.68. The number of fused-ring (bicyclic) bond motifs is 3. The van der Waals surface area contributed by atoms with Crippen LogP contribution >= 0.6 is 22.9 Å². The average Bonchev–Trinajstić information content (AvgIpc) is 3.22. The van der Waals surface area contributed by atoms with Gasteiger partial charge in [-0.05, 0) is 42.3 Å². The molecule has 0 saturated heterocycles. The fourth-order valence-corrected chi connectivity index (χ4v) is 5.36. The van der Waals surface area contributed by atoms with Crippen LogP contribution in [0.15, 0.2) is 48.8 Å². The Kier molecular flexibility index (Phi) is 5.92. The number of carboxylic acid groups (broad SMARTS) is 1. The van der Waals surface area contributed by atoms with Crippen molar-refractivity contribution in [2.24, 2.45) is 0 Å². The quantitative estimate of drug-likeness (QED) is 0.375. The molecule has 3 aromatic heterocycles. The van der Waals surface area contributed by atoms with Crippen molar-refractivity contribution >= 4 is 50.6 Å². The molecule has 0 aliphatic carbocycles. The standard InChI is InChI=1S/C24H18ClN5O3S/c25-18-9-15(4-5-19(18)33-13-16-3-1-2-7-27-16)29-22-14(10-26)11-28-23-21(22)17-6-8-30(24(31)32)12-20(17)34-23/h1-5,7,9,11H,6,8,12-13H2,(H,28,29)(H,31,32). The Morgan fingerprint density at radius 3 is 2.94 bits per heavy atom. The van der Waals surface area contributed by atoms with E-state index in [0.717, 1.165) is 26.4 Å². The van der Waals surface area contributed by atoms with Gasteiger partial charge in [-0.1, -0.05) is 17.7 Å². The molecule has 170 valence electrons. The lowest BCUT2D eigenvalue weighted by Gasteiger charge is -2.24. The highest BCUT2D eigenvalue weighted by molar-refractivity contribution is 7.19. The summed E-state index contributed by atoms with van der Waals surface area (Å²) in [4.78, 5) is 23.2. The summed E-state index contributed by atoms with van der Waals surface area (Å²) in [6.07, 6.45) is 2.87. The maximum absolute atomic E-state index is 11.4. The van der Waals surface area contributed by atoms with Crippen LogP contribution in [0.5, 0.6) is 5.75 Å². The van der Waals surface area contributed by atoms with Gasteiger partial charge in [0.2, 0.25) is 0 Å². The normalized spacial score (nSPS) is 12.8. The second-order valence-corrected chi connectivity index (χ2v) is 9.17. The van der Waals surface area contributed by atoms with Crippen molar-refractivity contribution in [3.05, 3.63) is 75.5 Å². The Hall–Kier alpha value is -3.87. The van der Waals surface area contributed by atoms with Gasteiger partial charge in [0.25, 0.3) is 0 Å². The number of carbonyl (C=O) groups is 1. The van der Waals surface area contributed by atoms with Gasteiger partial charge in [-0.15, -0.1) is 11.3 Å². The number of thiophene rings is 1. The van der Waals surface area contributed by atoms with E-state index in [0.29, 0.717) is 53.8 Å². The molecule has 0 bridgehead atoms. The lowest BCUT2D eigenvalue weighted by Crippen LogP contribution is -2.34. The Labute approximate surface area is 204 Å². The molecule has 0 atom stereocenters. The minimum atomic E-state index is -0.938. The predicted octanol–water partition coefficient (Wildman–Crippen LogP) is 5.58. The summed E-state index contributed by atoms with van der Waals surface area (Å²) in [6.45, 7) is 1.02. The zero-order valence-corrected chi connectivity index (χ0v) is 19.4. The number of pyridine rings is 2. The molecule has 0 saturated carbocycles. The van der Waals surface area contributed by atoms with Crippen LogP contribution in [0, 0.1) is 11.3 Å². The van der Waals surface area contributed by atoms with E-state index >= 15 is 0 Å². The molecule has 10 heteroatoms. The average molecular weight is 492 g/mol. The van der Waals surface area contributed by atoms with Gasteiger partial charge in [0, 0.05) is 34.9 Å².